The van der Waals surface area contributed by atoms with Crippen molar-refractivity contribution < 1.29 is 0 Å². The molecule has 1 N–H and O–H groups in total. The number of para-hydroxylation sites is 1. The third-order valence-corrected chi connectivity index (χ3v) is 2.56. The van der Waals surface area contributed by atoms with Crippen molar-refractivity contribution in [2.75, 3.05) is 0 Å². The van der Waals surface area contributed by atoms with Crippen LogP contribution in [0.4, 0.5) is 0 Å². The highest BCUT2D eigenvalue weighted by Crippen LogP contribution is 2.27. The molecule has 0 aliphatic rings. The minimum Gasteiger partial charge on any atom is -0.361 e. The highest BCUT2D eigenvalue weighted by molar-refractivity contribution is 5.95. The van der Waals surface area contributed by atoms with E-state index in [1.165, 1.54) is 10.9 Å². The van der Waals surface area contributed by atoms with E-state index in [9.17, 15) is 0 Å². The third kappa shape index (κ3) is 1.31. The predicted octanol–water partition coefficient (Wildman–Crippen LogP) is 3.23. The predicted molar refractivity (Wildman–Crippen MR) is 61.5 cm³/mol. The minimum atomic E-state index is 1.15. The number of H-pyrrole nitrogens is 1. The number of nitrogens with zero attached hydrogens (tertiary/aromatic N) is 1. The molecule has 1 aromatic carbocycles. The molecule has 2 nitrogen and oxygen atoms in total. The summed E-state index contributed by atoms with van der Waals surface area (Å²) in [6.45, 7) is 0. The lowest BCUT2D eigenvalue weighted by molar-refractivity contribution is 1.33. The van der Waals surface area contributed by atoms with E-state index in [4.69, 9.17) is 0 Å². The van der Waals surface area contributed by atoms with Gasteiger partial charge in [-0.25, -0.2) is 0 Å². The molecule has 2 aromatic heterocycles. The Morgan fingerprint density at radius 2 is 1.93 bits per heavy atom. The van der Waals surface area contributed by atoms with Gasteiger partial charge in [-0.1, -0.05) is 24.3 Å². The van der Waals surface area contributed by atoms with Gasteiger partial charge in [0.1, 0.15) is 0 Å². The summed E-state index contributed by atoms with van der Waals surface area (Å²) in [5, 5.41) is 1.24. The van der Waals surface area contributed by atoms with Crippen molar-refractivity contribution in [3.05, 3.63) is 55.0 Å². The summed E-state index contributed by atoms with van der Waals surface area (Å²) in [6.07, 6.45) is 5.70. The van der Waals surface area contributed by atoms with Gasteiger partial charge in [0, 0.05) is 40.6 Å². The van der Waals surface area contributed by atoms with E-state index >= 15 is 0 Å². The van der Waals surface area contributed by atoms with Gasteiger partial charge in [0.05, 0.1) is 0 Å². The zero-order chi connectivity index (χ0) is 10.1. The fourth-order valence-corrected chi connectivity index (χ4v) is 1.83. The maximum atomic E-state index is 4.13. The molecular formula is C13H10N2. The number of nitrogens with one attached hydrogen (secondary N) is 1. The minimum absolute atomic E-state index is 1.15. The van der Waals surface area contributed by atoms with E-state index < -0.39 is 0 Å². The van der Waals surface area contributed by atoms with Gasteiger partial charge in [0.25, 0.3) is 0 Å². The summed E-state index contributed by atoms with van der Waals surface area (Å²) in [4.78, 5) is 7.39. The Labute approximate surface area is 87.6 Å². The molecule has 0 saturated carbocycles. The van der Waals surface area contributed by atoms with Crippen LogP contribution in [0.3, 0.4) is 0 Å². The van der Waals surface area contributed by atoms with Gasteiger partial charge < -0.3 is 4.98 Å². The number of rotatable bonds is 1. The van der Waals surface area contributed by atoms with E-state index in [2.05, 4.69) is 34.2 Å². The lowest BCUT2D eigenvalue weighted by Crippen LogP contribution is -1.76. The second-order valence-corrected chi connectivity index (χ2v) is 3.49. The smallest absolute Gasteiger partial charge is 0.0460 e. The van der Waals surface area contributed by atoms with Crippen LogP contribution < -0.4 is 0 Å². The molecule has 2 heteroatoms. The molecule has 0 amide bonds. The highest BCUT2D eigenvalue weighted by Gasteiger charge is 2.04. The molecule has 2 heterocycles. The van der Waals surface area contributed by atoms with E-state index in [0.29, 0.717) is 0 Å². The molecular weight excluding hydrogens is 184 g/mol. The number of aromatic amines is 1. The summed E-state index contributed by atoms with van der Waals surface area (Å²) >= 11 is 0. The maximum Gasteiger partial charge on any atom is 0.0460 e. The van der Waals surface area contributed by atoms with Crippen molar-refractivity contribution in [1.29, 1.82) is 0 Å². The molecule has 0 fully saturated rings. The molecule has 0 bridgehead atoms. The van der Waals surface area contributed by atoms with Crippen LogP contribution in [0.25, 0.3) is 22.0 Å². The number of benzene rings is 1. The van der Waals surface area contributed by atoms with Crippen molar-refractivity contribution in [1.82, 2.24) is 9.97 Å². The number of pyridine rings is 1. The van der Waals surface area contributed by atoms with Crippen LogP contribution in [0.1, 0.15) is 0 Å². The Kier molecular flexibility index (Phi) is 1.78. The molecule has 0 saturated heterocycles. The largest absolute Gasteiger partial charge is 0.361 e. The van der Waals surface area contributed by atoms with Gasteiger partial charge in [-0.3, -0.25) is 4.98 Å². The molecule has 0 radical (unpaired) electrons. The molecule has 0 unspecified atom stereocenters. The van der Waals surface area contributed by atoms with Crippen molar-refractivity contribution in [2.45, 2.75) is 0 Å². The van der Waals surface area contributed by atoms with Crippen LogP contribution >= 0.6 is 0 Å². The van der Waals surface area contributed by atoms with Crippen molar-refractivity contribution in [2.24, 2.45) is 0 Å². The summed E-state index contributed by atoms with van der Waals surface area (Å²) in [6, 6.07) is 12.3. The zero-order valence-corrected chi connectivity index (χ0v) is 8.14. The van der Waals surface area contributed by atoms with Crippen LogP contribution in [-0.2, 0) is 0 Å². The van der Waals surface area contributed by atoms with Crippen LogP contribution in [0.15, 0.2) is 55.0 Å². The molecule has 0 atom stereocenters. The first-order valence-electron chi connectivity index (χ1n) is 4.92. The summed E-state index contributed by atoms with van der Waals surface area (Å²) in [7, 11) is 0. The van der Waals surface area contributed by atoms with Crippen LogP contribution in [0.5, 0.6) is 0 Å². The number of hydrogen-bond donors (Lipinski definition) is 1. The monoisotopic (exact) mass is 194 g/mol. The first kappa shape index (κ1) is 8.24. The number of hydrogen-bond acceptors (Lipinski definition) is 1. The van der Waals surface area contributed by atoms with Crippen molar-refractivity contribution in [3.8, 4) is 11.1 Å². The molecule has 3 aromatic rings. The lowest BCUT2D eigenvalue weighted by Gasteiger charge is -1.97. The average molecular weight is 194 g/mol. The van der Waals surface area contributed by atoms with E-state index in [0.717, 1.165) is 11.1 Å². The first-order chi connectivity index (χ1) is 7.45. The first-order valence-corrected chi connectivity index (χ1v) is 4.92. The quantitative estimate of drug-likeness (QED) is 0.633. The molecule has 72 valence electrons. The Balaban J connectivity index is 2.28. The van der Waals surface area contributed by atoms with Gasteiger partial charge in [0.15, 0.2) is 0 Å². The van der Waals surface area contributed by atoms with Crippen molar-refractivity contribution in [3.63, 3.8) is 0 Å². The van der Waals surface area contributed by atoms with Crippen LogP contribution in [0, 0.1) is 0 Å². The Hall–Kier alpha value is -2.09. The standard InChI is InChI=1S/C13H10N2/c1-2-6-13-11(5-1)12(9-15-13)10-4-3-7-14-8-10/h1-9,15H. The third-order valence-electron chi connectivity index (χ3n) is 2.56. The van der Waals surface area contributed by atoms with E-state index in [1.807, 2.05) is 24.5 Å². The van der Waals surface area contributed by atoms with Crippen LogP contribution in [0.2, 0.25) is 0 Å². The molecule has 0 aliphatic heterocycles. The normalized spacial score (nSPS) is 10.7. The fraction of sp³-hybridized carbons (Fsp3) is 0. The Morgan fingerprint density at radius 1 is 1.00 bits per heavy atom. The fourth-order valence-electron chi connectivity index (χ4n) is 1.83. The zero-order valence-electron chi connectivity index (χ0n) is 8.14. The number of fused-ring (bicyclic) bond motifs is 1. The molecule has 3 rings (SSSR count). The summed E-state index contributed by atoms with van der Waals surface area (Å²) in [5.41, 5.74) is 3.52. The molecule has 0 aliphatic carbocycles. The van der Waals surface area contributed by atoms with Crippen LogP contribution in [-0.4, -0.2) is 9.97 Å². The van der Waals surface area contributed by atoms with Gasteiger partial charge in [-0.2, -0.15) is 0 Å². The maximum absolute atomic E-state index is 4.13. The van der Waals surface area contributed by atoms with Gasteiger partial charge >= 0.3 is 0 Å². The Bertz CT molecular complexity index is 582. The lowest BCUT2D eigenvalue weighted by atomic mass is 10.1. The topological polar surface area (TPSA) is 28.7 Å². The SMILES string of the molecule is c1cncc(-c2c[nH]c3ccccc23)c1. The molecule has 15 heavy (non-hydrogen) atoms. The second kappa shape index (κ2) is 3.24. The Morgan fingerprint density at radius 3 is 2.80 bits per heavy atom. The summed E-state index contributed by atoms with van der Waals surface area (Å²) in [5.74, 6) is 0. The average Bonchev–Trinajstić information content (AvgIpc) is 2.74. The van der Waals surface area contributed by atoms with Gasteiger partial charge in [-0.05, 0) is 12.1 Å². The van der Waals surface area contributed by atoms with Gasteiger partial charge in [0.2, 0.25) is 0 Å². The highest BCUT2D eigenvalue weighted by atomic mass is 14.7. The van der Waals surface area contributed by atoms with Crippen molar-refractivity contribution >= 4 is 10.9 Å². The second-order valence-electron chi connectivity index (χ2n) is 3.49. The number of aromatic nitrogens is 2. The van der Waals surface area contributed by atoms with Gasteiger partial charge in [-0.15, -0.1) is 0 Å². The van der Waals surface area contributed by atoms with E-state index in [-0.39, 0.29) is 0 Å². The van der Waals surface area contributed by atoms with E-state index in [1.54, 1.807) is 6.20 Å². The molecule has 0 spiro atoms. The summed E-state index contributed by atoms with van der Waals surface area (Å²) < 4.78 is 0.